The Morgan fingerprint density at radius 3 is 2.68 bits per heavy atom. The average molecular weight is 327 g/mol. The largest absolute Gasteiger partial charge is 0.486 e. The number of rotatable bonds is 3. The van der Waals surface area contributed by atoms with Crippen LogP contribution in [0.2, 0.25) is 0 Å². The number of aliphatic carboxylic acids is 1. The molecule has 1 aromatic carbocycles. The molecule has 1 fully saturated rings. The van der Waals surface area contributed by atoms with Crippen molar-refractivity contribution in [3.05, 3.63) is 21.7 Å². The number of hydrogen-bond donors (Lipinski definition) is 1. The number of halogens is 1. The maximum absolute atomic E-state index is 11.5. The Morgan fingerprint density at radius 2 is 2.11 bits per heavy atom. The molecule has 3 rings (SSSR count). The molecule has 1 aromatic rings. The third kappa shape index (κ3) is 1.83. The molecule has 19 heavy (non-hydrogen) atoms. The summed E-state index contributed by atoms with van der Waals surface area (Å²) in [6, 6.07) is 1.86. The molecule has 1 saturated carbocycles. The Labute approximate surface area is 119 Å². The minimum atomic E-state index is -0.745. The van der Waals surface area contributed by atoms with E-state index in [9.17, 15) is 9.90 Å². The summed E-state index contributed by atoms with van der Waals surface area (Å²) in [5.41, 5.74) is 1.17. The SMILES string of the molecule is CCc1c(C2(C(=O)O)CC2)cc2c(c1Br)OCCO2. The number of fused-ring (bicyclic) bond motifs is 1. The smallest absolute Gasteiger partial charge is 0.314 e. The Hall–Kier alpha value is -1.23. The summed E-state index contributed by atoms with van der Waals surface area (Å²) in [5.74, 6) is 0.608. The maximum atomic E-state index is 11.5. The van der Waals surface area contributed by atoms with Crippen LogP contribution in [0.15, 0.2) is 10.5 Å². The molecule has 0 atom stereocenters. The first-order valence-corrected chi connectivity index (χ1v) is 7.24. The van der Waals surface area contributed by atoms with Crippen LogP contribution < -0.4 is 9.47 Å². The molecule has 0 radical (unpaired) electrons. The summed E-state index contributed by atoms with van der Waals surface area (Å²) in [6.45, 7) is 3.06. The normalized spacial score (nSPS) is 19.1. The highest BCUT2D eigenvalue weighted by molar-refractivity contribution is 9.10. The van der Waals surface area contributed by atoms with E-state index in [4.69, 9.17) is 9.47 Å². The van der Waals surface area contributed by atoms with Crippen molar-refractivity contribution < 1.29 is 19.4 Å². The molecule has 0 saturated heterocycles. The van der Waals surface area contributed by atoms with Crippen LogP contribution in [0.3, 0.4) is 0 Å². The molecular formula is C14H15BrO4. The summed E-state index contributed by atoms with van der Waals surface area (Å²) in [7, 11) is 0. The molecule has 2 aliphatic rings. The van der Waals surface area contributed by atoms with Gasteiger partial charge in [-0.15, -0.1) is 0 Å². The molecule has 0 aromatic heterocycles. The number of ether oxygens (including phenoxy) is 2. The molecular weight excluding hydrogens is 312 g/mol. The lowest BCUT2D eigenvalue weighted by Gasteiger charge is -2.25. The summed E-state index contributed by atoms with van der Waals surface area (Å²) in [6.07, 6.45) is 2.16. The standard InChI is InChI=1S/C14H15BrO4/c1-2-8-9(14(3-4-14)13(16)17)7-10-12(11(8)15)19-6-5-18-10/h7H,2-6H2,1H3,(H,16,17). The van der Waals surface area contributed by atoms with Crippen molar-refractivity contribution in [1.82, 2.24) is 0 Å². The number of benzene rings is 1. The Balaban J connectivity index is 2.19. The fourth-order valence-electron chi connectivity index (χ4n) is 2.68. The molecule has 1 N–H and O–H groups in total. The van der Waals surface area contributed by atoms with Gasteiger partial charge in [0.15, 0.2) is 11.5 Å². The van der Waals surface area contributed by atoms with Gasteiger partial charge in [0.1, 0.15) is 13.2 Å². The van der Waals surface area contributed by atoms with Crippen LogP contribution in [0.4, 0.5) is 0 Å². The molecule has 1 heterocycles. The first kappa shape index (κ1) is 12.8. The third-order valence-corrected chi connectivity index (χ3v) is 4.74. The van der Waals surface area contributed by atoms with Crippen LogP contribution in [0.1, 0.15) is 30.9 Å². The summed E-state index contributed by atoms with van der Waals surface area (Å²) >= 11 is 3.55. The second-order valence-electron chi connectivity index (χ2n) is 4.98. The van der Waals surface area contributed by atoms with E-state index in [0.717, 1.165) is 22.0 Å². The fraction of sp³-hybridized carbons (Fsp3) is 0.500. The summed E-state index contributed by atoms with van der Waals surface area (Å²) in [5, 5.41) is 9.48. The van der Waals surface area contributed by atoms with E-state index in [1.807, 2.05) is 13.0 Å². The predicted octanol–water partition coefficient (Wildman–Crippen LogP) is 2.90. The highest BCUT2D eigenvalue weighted by Crippen LogP contribution is 2.54. The van der Waals surface area contributed by atoms with Crippen LogP contribution in [-0.4, -0.2) is 24.3 Å². The van der Waals surface area contributed by atoms with E-state index < -0.39 is 11.4 Å². The molecule has 1 aliphatic heterocycles. The first-order chi connectivity index (χ1) is 9.10. The fourth-order valence-corrected chi connectivity index (χ4v) is 3.48. The lowest BCUT2D eigenvalue weighted by Crippen LogP contribution is -2.23. The Morgan fingerprint density at radius 1 is 1.42 bits per heavy atom. The highest BCUT2D eigenvalue weighted by Gasteiger charge is 2.53. The van der Waals surface area contributed by atoms with Gasteiger partial charge in [0.2, 0.25) is 0 Å². The van der Waals surface area contributed by atoms with Gasteiger partial charge >= 0.3 is 5.97 Å². The topological polar surface area (TPSA) is 55.8 Å². The van der Waals surface area contributed by atoms with Gasteiger partial charge < -0.3 is 14.6 Å². The van der Waals surface area contributed by atoms with Crippen molar-refractivity contribution in [3.63, 3.8) is 0 Å². The van der Waals surface area contributed by atoms with Crippen LogP contribution in [0.25, 0.3) is 0 Å². The number of carbonyl (C=O) groups is 1. The van der Waals surface area contributed by atoms with Gasteiger partial charge in [-0.3, -0.25) is 4.79 Å². The zero-order valence-corrected chi connectivity index (χ0v) is 12.2. The molecule has 0 amide bonds. The van der Waals surface area contributed by atoms with Crippen LogP contribution in [0.5, 0.6) is 11.5 Å². The third-order valence-electron chi connectivity index (χ3n) is 3.90. The van der Waals surface area contributed by atoms with Gasteiger partial charge in [-0.25, -0.2) is 0 Å². The van der Waals surface area contributed by atoms with Gasteiger partial charge in [0, 0.05) is 0 Å². The second-order valence-corrected chi connectivity index (χ2v) is 5.77. The molecule has 5 heteroatoms. The number of carboxylic acid groups (broad SMARTS) is 1. The van der Waals surface area contributed by atoms with Gasteiger partial charge in [-0.1, -0.05) is 6.92 Å². The molecule has 0 bridgehead atoms. The number of carboxylic acids is 1. The van der Waals surface area contributed by atoms with Crippen LogP contribution in [0, 0.1) is 0 Å². The van der Waals surface area contributed by atoms with E-state index in [2.05, 4.69) is 15.9 Å². The van der Waals surface area contributed by atoms with E-state index in [0.29, 0.717) is 37.6 Å². The molecule has 0 unspecified atom stereocenters. The van der Waals surface area contributed by atoms with E-state index in [1.165, 1.54) is 0 Å². The highest BCUT2D eigenvalue weighted by atomic mass is 79.9. The van der Waals surface area contributed by atoms with E-state index in [1.54, 1.807) is 0 Å². The monoisotopic (exact) mass is 326 g/mol. The van der Waals surface area contributed by atoms with Crippen LogP contribution >= 0.6 is 15.9 Å². The van der Waals surface area contributed by atoms with Gasteiger partial charge in [0.25, 0.3) is 0 Å². The maximum Gasteiger partial charge on any atom is 0.314 e. The Bertz CT molecular complexity index is 549. The lowest BCUT2D eigenvalue weighted by atomic mass is 9.89. The average Bonchev–Trinajstić information content (AvgIpc) is 3.20. The van der Waals surface area contributed by atoms with Crippen molar-refractivity contribution in [2.24, 2.45) is 0 Å². The quantitative estimate of drug-likeness (QED) is 0.927. The minimum Gasteiger partial charge on any atom is -0.486 e. The Kier molecular flexibility index (Phi) is 2.96. The van der Waals surface area contributed by atoms with Crippen molar-refractivity contribution in [1.29, 1.82) is 0 Å². The predicted molar refractivity (Wildman–Crippen MR) is 73.1 cm³/mol. The molecule has 102 valence electrons. The molecule has 0 spiro atoms. The minimum absolute atomic E-state index is 0.504. The lowest BCUT2D eigenvalue weighted by molar-refractivity contribution is -0.140. The summed E-state index contributed by atoms with van der Waals surface area (Å²) < 4.78 is 12.1. The zero-order valence-electron chi connectivity index (χ0n) is 10.7. The van der Waals surface area contributed by atoms with E-state index >= 15 is 0 Å². The van der Waals surface area contributed by atoms with E-state index in [-0.39, 0.29) is 0 Å². The van der Waals surface area contributed by atoms with Crippen molar-refractivity contribution in [3.8, 4) is 11.5 Å². The molecule has 1 aliphatic carbocycles. The van der Waals surface area contributed by atoms with Crippen molar-refractivity contribution in [2.75, 3.05) is 13.2 Å². The summed E-state index contributed by atoms with van der Waals surface area (Å²) in [4.78, 5) is 11.5. The van der Waals surface area contributed by atoms with Crippen molar-refractivity contribution in [2.45, 2.75) is 31.6 Å². The van der Waals surface area contributed by atoms with Crippen molar-refractivity contribution >= 4 is 21.9 Å². The van der Waals surface area contributed by atoms with Gasteiger partial charge in [-0.2, -0.15) is 0 Å². The first-order valence-electron chi connectivity index (χ1n) is 6.45. The second kappa shape index (κ2) is 4.40. The molecule has 4 nitrogen and oxygen atoms in total. The zero-order chi connectivity index (χ0) is 13.6. The van der Waals surface area contributed by atoms with Gasteiger partial charge in [-0.05, 0) is 52.4 Å². The number of hydrogen-bond acceptors (Lipinski definition) is 3. The van der Waals surface area contributed by atoms with Crippen LogP contribution in [-0.2, 0) is 16.6 Å². The van der Waals surface area contributed by atoms with Gasteiger partial charge in [0.05, 0.1) is 9.89 Å².